The van der Waals surface area contributed by atoms with E-state index < -0.39 is 0 Å². The molecule has 0 spiro atoms. The van der Waals surface area contributed by atoms with Gasteiger partial charge in [-0.25, -0.2) is 0 Å². The van der Waals surface area contributed by atoms with E-state index in [0.717, 1.165) is 0 Å². The lowest BCUT2D eigenvalue weighted by atomic mass is 9.91. The van der Waals surface area contributed by atoms with Crippen LogP contribution in [0.2, 0.25) is 10.0 Å². The number of anilines is 1. The van der Waals surface area contributed by atoms with Crippen molar-refractivity contribution in [2.24, 2.45) is 0 Å². The highest BCUT2D eigenvalue weighted by Crippen LogP contribution is 2.25. The molecule has 0 amide bonds. The van der Waals surface area contributed by atoms with Crippen molar-refractivity contribution in [3.8, 4) is 0 Å². The van der Waals surface area contributed by atoms with Crippen LogP contribution in [0.15, 0.2) is 41.8 Å². The van der Waals surface area contributed by atoms with Crippen molar-refractivity contribution in [1.82, 2.24) is 0 Å². The molecule has 4 nitrogen and oxygen atoms in total. The van der Waals surface area contributed by atoms with Crippen molar-refractivity contribution in [2.45, 2.75) is 19.3 Å². The normalized spacial score (nSPS) is 15.6. The number of hydrogen-bond acceptors (Lipinski definition) is 4. The first-order valence-corrected chi connectivity index (χ1v) is 7.12. The van der Waals surface area contributed by atoms with E-state index in [1.54, 1.807) is 18.2 Å². The Morgan fingerprint density at radius 2 is 1.86 bits per heavy atom. The molecular weight excluding hydrogens is 313 g/mol. The number of rotatable bonds is 3. The van der Waals surface area contributed by atoms with Gasteiger partial charge in [0.2, 0.25) is 0 Å². The molecule has 0 aromatic heterocycles. The van der Waals surface area contributed by atoms with Crippen LogP contribution in [0.5, 0.6) is 0 Å². The zero-order valence-corrected chi connectivity index (χ0v) is 12.5. The predicted octanol–water partition coefficient (Wildman–Crippen LogP) is 4.05. The number of benzene rings is 1. The highest BCUT2D eigenvalue weighted by molar-refractivity contribution is 6.35. The summed E-state index contributed by atoms with van der Waals surface area (Å²) in [7, 11) is 0. The highest BCUT2D eigenvalue weighted by Gasteiger charge is 2.25. The maximum atomic E-state index is 11.6. The first-order chi connectivity index (χ1) is 9.99. The topological polar surface area (TPSA) is 66.4 Å². The standard InChI is InChI=1S/C15H13Cl2NO3/c16-9-4-5-10(17)11(8-9)18-7-6-14(21)15-12(19)2-1-3-13(15)20/h4-8,18,21H,1-3H2/b7-6+. The van der Waals surface area contributed by atoms with Crippen molar-refractivity contribution in [1.29, 1.82) is 0 Å². The minimum absolute atomic E-state index is 0.128. The summed E-state index contributed by atoms with van der Waals surface area (Å²) in [6.45, 7) is 0. The van der Waals surface area contributed by atoms with Crippen LogP contribution in [0.1, 0.15) is 19.3 Å². The van der Waals surface area contributed by atoms with Crippen LogP contribution in [0, 0.1) is 0 Å². The van der Waals surface area contributed by atoms with E-state index in [-0.39, 0.29) is 35.7 Å². The number of aliphatic hydroxyl groups excluding tert-OH is 1. The van der Waals surface area contributed by atoms with Gasteiger partial charge in [-0.2, -0.15) is 0 Å². The number of Topliss-reactive ketones (excluding diaryl/α,β-unsaturated/α-hetero) is 2. The molecule has 2 rings (SSSR count). The van der Waals surface area contributed by atoms with E-state index in [1.807, 2.05) is 0 Å². The van der Waals surface area contributed by atoms with Crippen LogP contribution < -0.4 is 5.32 Å². The van der Waals surface area contributed by atoms with Crippen molar-refractivity contribution in [3.63, 3.8) is 0 Å². The third kappa shape index (κ3) is 3.86. The van der Waals surface area contributed by atoms with E-state index in [0.29, 0.717) is 22.2 Å². The summed E-state index contributed by atoms with van der Waals surface area (Å²) < 4.78 is 0. The fourth-order valence-corrected chi connectivity index (χ4v) is 2.35. The van der Waals surface area contributed by atoms with Crippen LogP contribution in [-0.2, 0) is 9.59 Å². The second-order valence-corrected chi connectivity index (χ2v) is 5.41. The lowest BCUT2D eigenvalue weighted by molar-refractivity contribution is -0.124. The minimum atomic E-state index is -0.338. The molecule has 0 radical (unpaired) electrons. The number of allylic oxidation sites excluding steroid dienone is 2. The van der Waals surface area contributed by atoms with Gasteiger partial charge >= 0.3 is 0 Å². The van der Waals surface area contributed by atoms with Gasteiger partial charge in [0.1, 0.15) is 11.3 Å². The lowest BCUT2D eigenvalue weighted by Gasteiger charge is -2.12. The third-order valence-corrected chi connectivity index (χ3v) is 3.59. The smallest absolute Gasteiger partial charge is 0.170 e. The molecule has 0 saturated heterocycles. The monoisotopic (exact) mass is 325 g/mol. The average molecular weight is 326 g/mol. The summed E-state index contributed by atoms with van der Waals surface area (Å²) in [5, 5.41) is 13.7. The van der Waals surface area contributed by atoms with Crippen molar-refractivity contribution in [3.05, 3.63) is 51.9 Å². The number of nitrogens with one attached hydrogen (secondary N) is 1. The number of aliphatic hydroxyl groups is 1. The zero-order valence-electron chi connectivity index (χ0n) is 11.0. The molecule has 110 valence electrons. The largest absolute Gasteiger partial charge is 0.507 e. The van der Waals surface area contributed by atoms with Crippen LogP contribution in [-0.4, -0.2) is 16.7 Å². The Bertz CT molecular complexity index is 632. The molecule has 6 heteroatoms. The predicted molar refractivity (Wildman–Crippen MR) is 82.7 cm³/mol. The fourth-order valence-electron chi connectivity index (χ4n) is 2.00. The van der Waals surface area contributed by atoms with E-state index in [1.165, 1.54) is 12.3 Å². The zero-order chi connectivity index (χ0) is 15.4. The Morgan fingerprint density at radius 3 is 2.52 bits per heavy atom. The summed E-state index contributed by atoms with van der Waals surface area (Å²) in [6.07, 6.45) is 3.76. The summed E-state index contributed by atoms with van der Waals surface area (Å²) in [5.74, 6) is -0.987. The summed E-state index contributed by atoms with van der Waals surface area (Å²) in [4.78, 5) is 23.3. The highest BCUT2D eigenvalue weighted by atomic mass is 35.5. The molecule has 0 aliphatic heterocycles. The van der Waals surface area contributed by atoms with Crippen LogP contribution in [0.3, 0.4) is 0 Å². The lowest BCUT2D eigenvalue weighted by Crippen LogP contribution is -2.20. The molecule has 1 aliphatic rings. The number of carbonyl (C=O) groups excluding carboxylic acids is 2. The first-order valence-electron chi connectivity index (χ1n) is 6.37. The van der Waals surface area contributed by atoms with Crippen LogP contribution in [0.25, 0.3) is 0 Å². The Kier molecular flexibility index (Phi) is 5.04. The molecule has 2 N–H and O–H groups in total. The average Bonchev–Trinajstić information content (AvgIpc) is 2.42. The summed E-state index contributed by atoms with van der Waals surface area (Å²) in [5.41, 5.74) is 0.427. The molecule has 1 fully saturated rings. The molecule has 0 atom stereocenters. The van der Waals surface area contributed by atoms with Gasteiger partial charge in [-0.1, -0.05) is 23.2 Å². The van der Waals surface area contributed by atoms with Gasteiger partial charge in [-0.15, -0.1) is 0 Å². The summed E-state index contributed by atoms with van der Waals surface area (Å²) >= 11 is 11.8. The molecule has 21 heavy (non-hydrogen) atoms. The maximum Gasteiger partial charge on any atom is 0.170 e. The quantitative estimate of drug-likeness (QED) is 0.499. The second-order valence-electron chi connectivity index (χ2n) is 4.56. The number of ketones is 2. The Morgan fingerprint density at radius 1 is 1.19 bits per heavy atom. The van der Waals surface area contributed by atoms with E-state index in [2.05, 4.69) is 5.32 Å². The van der Waals surface area contributed by atoms with Crippen LogP contribution in [0.4, 0.5) is 5.69 Å². The van der Waals surface area contributed by atoms with E-state index in [4.69, 9.17) is 23.2 Å². The van der Waals surface area contributed by atoms with Gasteiger partial charge in [-0.05, 0) is 30.7 Å². The van der Waals surface area contributed by atoms with Gasteiger partial charge in [0.15, 0.2) is 11.6 Å². The Balaban J connectivity index is 2.15. The van der Waals surface area contributed by atoms with E-state index >= 15 is 0 Å². The van der Waals surface area contributed by atoms with Crippen molar-refractivity contribution in [2.75, 3.05) is 5.32 Å². The number of hydrogen-bond donors (Lipinski definition) is 2. The van der Waals surface area contributed by atoms with Gasteiger partial charge in [-0.3, -0.25) is 9.59 Å². The minimum Gasteiger partial charge on any atom is -0.507 e. The van der Waals surface area contributed by atoms with Crippen molar-refractivity contribution >= 4 is 40.5 Å². The molecule has 0 bridgehead atoms. The van der Waals surface area contributed by atoms with Gasteiger partial charge in [0.25, 0.3) is 0 Å². The second kappa shape index (κ2) is 6.78. The molecule has 1 aliphatic carbocycles. The molecule has 1 aromatic carbocycles. The summed E-state index contributed by atoms with van der Waals surface area (Å²) in [6, 6.07) is 4.90. The molecular formula is C15H13Cl2NO3. The van der Waals surface area contributed by atoms with Crippen LogP contribution >= 0.6 is 23.2 Å². The Labute approximate surface area is 132 Å². The van der Waals surface area contributed by atoms with Gasteiger partial charge in [0, 0.05) is 24.1 Å². The van der Waals surface area contributed by atoms with E-state index in [9.17, 15) is 14.7 Å². The SMILES string of the molecule is O=C1CCCC(=O)C1=C(O)/C=C/Nc1cc(Cl)ccc1Cl. The number of halogens is 2. The van der Waals surface area contributed by atoms with Gasteiger partial charge < -0.3 is 10.4 Å². The first kappa shape index (κ1) is 15.6. The molecule has 1 saturated carbocycles. The Hall–Kier alpha value is -1.78. The maximum absolute atomic E-state index is 11.6. The van der Waals surface area contributed by atoms with Gasteiger partial charge in [0.05, 0.1) is 10.7 Å². The number of carbonyl (C=O) groups is 2. The van der Waals surface area contributed by atoms with Crippen molar-refractivity contribution < 1.29 is 14.7 Å². The third-order valence-electron chi connectivity index (χ3n) is 3.03. The molecule has 0 unspecified atom stereocenters. The fraction of sp³-hybridized carbons (Fsp3) is 0.200. The molecule has 1 aromatic rings. The molecule has 0 heterocycles.